The summed E-state index contributed by atoms with van der Waals surface area (Å²) in [6, 6.07) is 87.5. The van der Waals surface area contributed by atoms with E-state index in [1.54, 1.807) is 0 Å². The molecule has 6 aliphatic heterocycles. The summed E-state index contributed by atoms with van der Waals surface area (Å²) in [6.45, 7) is 0. The molecule has 8 nitrogen and oxygen atoms in total. The molecule has 18 rings (SSSR count). The number of rotatable bonds is 6. The molecule has 0 saturated carbocycles. The first-order valence-corrected chi connectivity index (χ1v) is 30.3. The third-order valence-corrected chi connectivity index (χ3v) is 23.3. The fraction of sp³-hybridized carbons (Fsp3) is 0. The SMILES string of the molecule is O=P12c3c4cccc3N(c3ccccc3)c3cc(-c5ccccc5)cc(c31)N(c1ccccc1)c1c2c(cc2c3c5c(cc12)Oc1cccc2c1P5(=O)c1c(cc(-c5ccccc5)cc1N3c1ccccc1)N2c1ccccc1)O4. The van der Waals surface area contributed by atoms with Gasteiger partial charge in [-0.1, -0.05) is 146 Å². The van der Waals surface area contributed by atoms with Gasteiger partial charge in [-0.05, 0) is 131 Å². The molecule has 10 heteroatoms. The Hall–Kier alpha value is -9.84. The van der Waals surface area contributed by atoms with E-state index in [-0.39, 0.29) is 0 Å². The Bertz CT molecular complexity index is 4490. The number of hydrogen-bond acceptors (Lipinski definition) is 8. The van der Waals surface area contributed by atoms with Crippen LogP contribution < -0.4 is 60.9 Å². The lowest BCUT2D eigenvalue weighted by molar-refractivity contribution is 0.484. The third-order valence-electron chi connectivity index (χ3n) is 16.9. The Balaban J connectivity index is 1.02. The molecule has 6 heterocycles. The monoisotopic (exact) mass is 1060 g/mol. The van der Waals surface area contributed by atoms with Crippen LogP contribution in [0.15, 0.2) is 255 Å². The van der Waals surface area contributed by atoms with E-state index >= 15 is 9.13 Å². The minimum absolute atomic E-state index is 0.488. The highest BCUT2D eigenvalue weighted by Crippen LogP contribution is 2.71. The van der Waals surface area contributed by atoms with Crippen molar-refractivity contribution >= 4 is 125 Å². The Kier molecular flexibility index (Phi) is 8.78. The highest BCUT2D eigenvalue weighted by Gasteiger charge is 2.58. The molecule has 0 saturated heterocycles. The van der Waals surface area contributed by atoms with Gasteiger partial charge in [0.05, 0.1) is 77.3 Å². The minimum atomic E-state index is -3.86. The summed E-state index contributed by atoms with van der Waals surface area (Å²) in [6.07, 6.45) is 0. The number of nitrogens with zero attached hydrogens (tertiary/aromatic N) is 4. The second-order valence-corrected chi connectivity index (χ2v) is 26.2. The lowest BCUT2D eigenvalue weighted by atomic mass is 9.97. The van der Waals surface area contributed by atoms with Crippen LogP contribution in [0.25, 0.3) is 33.0 Å². The zero-order valence-corrected chi connectivity index (χ0v) is 44.4. The largest absolute Gasteiger partial charge is 0.456 e. The Morgan fingerprint density at radius 2 is 0.562 bits per heavy atom. The molecule has 376 valence electrons. The maximum Gasteiger partial charge on any atom is 0.186 e. The van der Waals surface area contributed by atoms with Gasteiger partial charge in [-0.2, -0.15) is 0 Å². The molecule has 12 aromatic rings. The molecule has 12 aromatic carbocycles. The maximum atomic E-state index is 18.0. The van der Waals surface area contributed by atoms with Crippen molar-refractivity contribution in [3.8, 4) is 45.3 Å². The summed E-state index contributed by atoms with van der Waals surface area (Å²) in [5.74, 6) is 2.06. The standard InChI is InChI=1S/C70H42N4O4P2/c75-79-65-55-37-45(43-21-7-1-8-22-43)39-57(65)73(49-29-15-5-16-30-49)63-51-41-62-70-64(52(51)42-61(69(63)79)77-59-35-19-33-53(67(59)79)71(55)47-25-11-3-12-26-47)74(50-31-17-6-18-32-50)58-40-46(44-23-9-2-10-24-44)38-56-66(58)80(70,76)68-54(34-20-36-60(68)78-62)72(56)48-27-13-4-14-28-48/h1-42H. The average Bonchev–Trinajstić information content (AvgIpc) is 3.67. The molecule has 0 aliphatic carbocycles. The van der Waals surface area contributed by atoms with Gasteiger partial charge in [-0.15, -0.1) is 0 Å². The van der Waals surface area contributed by atoms with Gasteiger partial charge in [0.25, 0.3) is 0 Å². The van der Waals surface area contributed by atoms with E-state index in [0.717, 1.165) is 112 Å². The van der Waals surface area contributed by atoms with Crippen molar-refractivity contribution in [2.24, 2.45) is 0 Å². The van der Waals surface area contributed by atoms with E-state index in [9.17, 15) is 0 Å². The van der Waals surface area contributed by atoms with Gasteiger partial charge >= 0.3 is 0 Å². The molecule has 2 unspecified atom stereocenters. The van der Waals surface area contributed by atoms with Crippen LogP contribution in [0.4, 0.5) is 68.2 Å². The van der Waals surface area contributed by atoms with E-state index in [0.29, 0.717) is 44.2 Å². The number of fused-ring (bicyclic) bond motifs is 3. The summed E-state index contributed by atoms with van der Waals surface area (Å²) in [5.41, 5.74) is 14.0. The molecular weight excluding hydrogens is 1020 g/mol. The van der Waals surface area contributed by atoms with E-state index in [4.69, 9.17) is 9.47 Å². The highest BCUT2D eigenvalue weighted by atomic mass is 31.2. The van der Waals surface area contributed by atoms with Crippen molar-refractivity contribution < 1.29 is 18.6 Å². The van der Waals surface area contributed by atoms with Crippen molar-refractivity contribution in [3.63, 3.8) is 0 Å². The maximum absolute atomic E-state index is 18.0. The van der Waals surface area contributed by atoms with Crippen LogP contribution in [0.3, 0.4) is 0 Å². The fourth-order valence-corrected chi connectivity index (χ4v) is 20.8. The summed E-state index contributed by atoms with van der Waals surface area (Å²) in [5, 5.41) is 5.61. The van der Waals surface area contributed by atoms with Crippen LogP contribution in [-0.2, 0) is 9.13 Å². The lowest BCUT2D eigenvalue weighted by Crippen LogP contribution is -2.46. The number of hydrogen-bond donors (Lipinski definition) is 0. The zero-order valence-electron chi connectivity index (χ0n) is 42.6. The van der Waals surface area contributed by atoms with Gasteiger partial charge in [0.1, 0.15) is 23.0 Å². The van der Waals surface area contributed by atoms with Crippen molar-refractivity contribution in [3.05, 3.63) is 255 Å². The van der Waals surface area contributed by atoms with Crippen molar-refractivity contribution in [2.75, 3.05) is 19.6 Å². The van der Waals surface area contributed by atoms with Crippen molar-refractivity contribution in [1.82, 2.24) is 0 Å². The van der Waals surface area contributed by atoms with E-state index in [1.165, 1.54) is 0 Å². The highest BCUT2D eigenvalue weighted by molar-refractivity contribution is 7.87. The van der Waals surface area contributed by atoms with Crippen molar-refractivity contribution in [2.45, 2.75) is 0 Å². The minimum Gasteiger partial charge on any atom is -0.456 e. The van der Waals surface area contributed by atoms with Crippen molar-refractivity contribution in [1.29, 1.82) is 0 Å². The van der Waals surface area contributed by atoms with Gasteiger partial charge < -0.3 is 38.2 Å². The van der Waals surface area contributed by atoms with Gasteiger partial charge in [0.15, 0.2) is 14.3 Å². The quantitative estimate of drug-likeness (QED) is 0.153. The van der Waals surface area contributed by atoms with E-state index in [2.05, 4.69) is 214 Å². The molecule has 80 heavy (non-hydrogen) atoms. The average molecular weight is 1070 g/mol. The van der Waals surface area contributed by atoms with E-state index in [1.807, 2.05) is 60.7 Å². The first kappa shape index (κ1) is 44.2. The normalized spacial score (nSPS) is 17.6. The molecule has 0 radical (unpaired) electrons. The third kappa shape index (κ3) is 5.61. The second-order valence-electron chi connectivity index (χ2n) is 21.1. The number of para-hydroxylation sites is 4. The molecule has 0 amide bonds. The van der Waals surface area contributed by atoms with E-state index < -0.39 is 14.3 Å². The Morgan fingerprint density at radius 3 is 0.912 bits per heavy atom. The molecule has 0 spiro atoms. The smallest absolute Gasteiger partial charge is 0.186 e. The summed E-state index contributed by atoms with van der Waals surface area (Å²) in [4.78, 5) is 9.13. The molecule has 0 bridgehead atoms. The molecular formula is C70H42N4O4P2. The Morgan fingerprint density at radius 1 is 0.250 bits per heavy atom. The van der Waals surface area contributed by atoms with Crippen LogP contribution >= 0.6 is 14.3 Å². The zero-order chi connectivity index (χ0) is 52.6. The predicted octanol–water partition coefficient (Wildman–Crippen LogP) is 16.8. The second kappa shape index (κ2) is 15.9. The van der Waals surface area contributed by atoms with Crippen LogP contribution in [0, 0.1) is 0 Å². The first-order valence-electron chi connectivity index (χ1n) is 26.9. The summed E-state index contributed by atoms with van der Waals surface area (Å²) >= 11 is 0. The fourth-order valence-electron chi connectivity index (χ4n) is 13.8. The topological polar surface area (TPSA) is 65.6 Å². The van der Waals surface area contributed by atoms with Crippen LogP contribution in [0.5, 0.6) is 23.0 Å². The molecule has 6 aliphatic rings. The number of ether oxygens (including phenoxy) is 2. The Labute approximate surface area is 460 Å². The van der Waals surface area contributed by atoms with Gasteiger partial charge in [-0.25, -0.2) is 0 Å². The number of anilines is 12. The summed E-state index contributed by atoms with van der Waals surface area (Å²) < 4.78 is 50.7. The van der Waals surface area contributed by atoms with Gasteiger partial charge in [0, 0.05) is 33.5 Å². The van der Waals surface area contributed by atoms with Crippen LogP contribution in [0.1, 0.15) is 0 Å². The first-order chi connectivity index (χ1) is 39.5. The van der Waals surface area contributed by atoms with Crippen LogP contribution in [-0.4, -0.2) is 0 Å². The molecule has 0 aromatic heterocycles. The molecule has 2 atom stereocenters. The number of benzene rings is 12. The summed E-state index contributed by atoms with van der Waals surface area (Å²) in [7, 11) is -7.72. The van der Waals surface area contributed by atoms with Crippen LogP contribution in [0.2, 0.25) is 0 Å². The van der Waals surface area contributed by atoms with Gasteiger partial charge in [-0.3, -0.25) is 0 Å². The predicted molar refractivity (Wildman–Crippen MR) is 327 cm³/mol. The molecule has 0 fully saturated rings. The van der Waals surface area contributed by atoms with Gasteiger partial charge in [0.2, 0.25) is 0 Å². The lowest BCUT2D eigenvalue weighted by Gasteiger charge is -2.49. The molecule has 0 N–H and O–H groups in total.